The number of nitrogens with zero attached hydrogens (tertiary/aromatic N) is 2. The Morgan fingerprint density at radius 3 is 2.29 bits per heavy atom. The first-order valence-corrected chi connectivity index (χ1v) is 8.06. The summed E-state index contributed by atoms with van der Waals surface area (Å²) in [6, 6.07) is 13.0. The molecule has 1 saturated heterocycles. The van der Waals surface area contributed by atoms with E-state index in [1.807, 2.05) is 30.6 Å². The van der Waals surface area contributed by atoms with Crippen molar-refractivity contribution >= 4 is 17.5 Å². The summed E-state index contributed by atoms with van der Waals surface area (Å²) in [4.78, 5) is 31.3. The Bertz CT molecular complexity index is 683. The van der Waals surface area contributed by atoms with Gasteiger partial charge < -0.3 is 15.1 Å². The number of pyridine rings is 1. The van der Waals surface area contributed by atoms with E-state index < -0.39 is 0 Å². The lowest BCUT2D eigenvalue weighted by atomic mass is 10.2. The van der Waals surface area contributed by atoms with E-state index in [0.29, 0.717) is 18.7 Å². The number of hydrogen-bond donors (Lipinski definition) is 1. The monoisotopic (exact) mass is 325 g/mol. The molecule has 0 spiro atoms. The summed E-state index contributed by atoms with van der Waals surface area (Å²) in [5.74, 6) is -0.261. The van der Waals surface area contributed by atoms with Gasteiger partial charge in [-0.15, -0.1) is 0 Å². The van der Waals surface area contributed by atoms with Crippen LogP contribution in [-0.2, 0) is 4.79 Å². The van der Waals surface area contributed by atoms with Crippen molar-refractivity contribution in [3.63, 3.8) is 0 Å². The van der Waals surface area contributed by atoms with E-state index >= 15 is 0 Å². The minimum Gasteiger partial charge on any atom is -0.368 e. The van der Waals surface area contributed by atoms with Crippen LogP contribution in [0.2, 0.25) is 0 Å². The minimum atomic E-state index is -0.219. The molecule has 2 amide bonds. The van der Waals surface area contributed by atoms with Crippen molar-refractivity contribution in [1.29, 1.82) is 0 Å². The molecule has 6 heteroatoms. The Balaban J connectivity index is 1.46. The third kappa shape index (κ3) is 3.90. The predicted octanol–water partition coefficient (Wildman–Crippen LogP) is 0.579. The fourth-order valence-electron chi connectivity index (χ4n) is 2.76. The zero-order chi connectivity index (χ0) is 16.8. The average Bonchev–Trinajstić information content (AvgIpc) is 2.67. The van der Waals surface area contributed by atoms with Gasteiger partial charge in [-0.2, -0.15) is 0 Å². The molecule has 24 heavy (non-hydrogen) atoms. The first-order valence-electron chi connectivity index (χ1n) is 8.06. The van der Waals surface area contributed by atoms with E-state index in [2.05, 4.69) is 15.2 Å². The number of aromatic amines is 1. The second kappa shape index (κ2) is 7.59. The van der Waals surface area contributed by atoms with Crippen molar-refractivity contribution in [3.05, 3.63) is 60.4 Å². The number of hydrogen-bond acceptors (Lipinski definition) is 3. The number of amides is 2. The molecule has 2 N–H and O–H groups in total. The van der Waals surface area contributed by atoms with Crippen LogP contribution in [0, 0.1) is 0 Å². The molecular formula is C18H21N4O2+. The Morgan fingerprint density at radius 2 is 1.62 bits per heavy atom. The van der Waals surface area contributed by atoms with Gasteiger partial charge in [-0.3, -0.25) is 9.59 Å². The maximum atomic E-state index is 12.3. The highest BCUT2D eigenvalue weighted by Crippen LogP contribution is 2.14. The molecule has 6 nitrogen and oxygen atoms in total. The van der Waals surface area contributed by atoms with Crippen LogP contribution in [0.15, 0.2) is 54.9 Å². The van der Waals surface area contributed by atoms with Gasteiger partial charge in [-0.25, -0.2) is 4.98 Å². The molecule has 124 valence electrons. The van der Waals surface area contributed by atoms with Gasteiger partial charge in [0.2, 0.25) is 5.91 Å². The van der Waals surface area contributed by atoms with Crippen LogP contribution in [0.3, 0.4) is 0 Å². The molecule has 0 bridgehead atoms. The van der Waals surface area contributed by atoms with Crippen LogP contribution in [0.1, 0.15) is 10.4 Å². The smallest absolute Gasteiger partial charge is 0.251 e. The highest BCUT2D eigenvalue weighted by atomic mass is 16.2. The molecule has 3 rings (SSSR count). The fourth-order valence-corrected chi connectivity index (χ4v) is 2.76. The Hall–Kier alpha value is -2.89. The number of benzene rings is 1. The van der Waals surface area contributed by atoms with Crippen molar-refractivity contribution in [3.8, 4) is 0 Å². The van der Waals surface area contributed by atoms with Gasteiger partial charge >= 0.3 is 0 Å². The Morgan fingerprint density at radius 1 is 0.958 bits per heavy atom. The normalized spacial score (nSPS) is 14.3. The van der Waals surface area contributed by atoms with Gasteiger partial charge in [-0.05, 0) is 12.1 Å². The molecule has 0 atom stereocenters. The number of aromatic nitrogens is 1. The lowest BCUT2D eigenvalue weighted by Crippen LogP contribution is -2.51. The van der Waals surface area contributed by atoms with E-state index in [-0.39, 0.29) is 18.4 Å². The zero-order valence-electron chi connectivity index (χ0n) is 13.4. The van der Waals surface area contributed by atoms with Gasteiger partial charge in [-0.1, -0.05) is 18.2 Å². The van der Waals surface area contributed by atoms with Crippen molar-refractivity contribution in [2.45, 2.75) is 0 Å². The predicted molar refractivity (Wildman–Crippen MR) is 90.6 cm³/mol. The molecule has 1 aromatic heterocycles. The highest BCUT2D eigenvalue weighted by Gasteiger charge is 2.21. The second-order valence-electron chi connectivity index (χ2n) is 5.67. The van der Waals surface area contributed by atoms with Crippen LogP contribution in [0.4, 0.5) is 5.69 Å². The average molecular weight is 325 g/mol. The molecule has 0 saturated carbocycles. The first-order chi connectivity index (χ1) is 11.7. The van der Waals surface area contributed by atoms with Gasteiger partial charge in [0.25, 0.3) is 5.91 Å². The summed E-state index contributed by atoms with van der Waals surface area (Å²) in [5, 5.41) is 2.69. The quantitative estimate of drug-likeness (QED) is 0.894. The first kappa shape index (κ1) is 16.0. The number of piperazine rings is 1. The topological polar surface area (TPSA) is 66.8 Å². The molecule has 2 aromatic rings. The number of anilines is 1. The maximum Gasteiger partial charge on any atom is 0.251 e. The molecule has 0 radical (unpaired) electrons. The summed E-state index contributed by atoms with van der Waals surface area (Å²) in [6.45, 7) is 2.95. The number of nitrogens with one attached hydrogen (secondary N) is 2. The van der Waals surface area contributed by atoms with E-state index in [0.717, 1.165) is 18.8 Å². The molecular weight excluding hydrogens is 304 g/mol. The minimum absolute atomic E-state index is 0.0357. The lowest BCUT2D eigenvalue weighted by molar-refractivity contribution is -0.377. The third-order valence-corrected chi connectivity index (χ3v) is 4.13. The number of carbonyl (C=O) groups is 2. The van der Waals surface area contributed by atoms with E-state index in [1.165, 1.54) is 0 Å². The number of rotatable bonds is 4. The largest absolute Gasteiger partial charge is 0.368 e. The van der Waals surface area contributed by atoms with Crippen LogP contribution < -0.4 is 15.2 Å². The molecule has 0 unspecified atom stereocenters. The van der Waals surface area contributed by atoms with Crippen molar-refractivity contribution in [1.82, 2.24) is 10.2 Å². The standard InChI is InChI=1S/C18H20N4O2/c23-17(14-20-18(24)15-4-2-1-3-5-15)22-12-10-21(11-13-22)16-6-8-19-9-7-16/h1-9H,10-14H2,(H,20,24)/p+1. The van der Waals surface area contributed by atoms with Gasteiger partial charge in [0.05, 0.1) is 6.54 Å². The highest BCUT2D eigenvalue weighted by molar-refractivity contribution is 5.96. The van der Waals surface area contributed by atoms with Crippen LogP contribution in [0.5, 0.6) is 0 Å². The van der Waals surface area contributed by atoms with Gasteiger partial charge in [0.1, 0.15) is 0 Å². The molecule has 1 aliphatic heterocycles. The van der Waals surface area contributed by atoms with E-state index in [4.69, 9.17) is 0 Å². The molecule has 1 aromatic carbocycles. The summed E-state index contributed by atoms with van der Waals surface area (Å²) in [5.41, 5.74) is 1.72. The summed E-state index contributed by atoms with van der Waals surface area (Å²) < 4.78 is 0. The summed E-state index contributed by atoms with van der Waals surface area (Å²) >= 11 is 0. The summed E-state index contributed by atoms with van der Waals surface area (Å²) in [7, 11) is 0. The van der Waals surface area contributed by atoms with Gasteiger partial charge in [0, 0.05) is 49.6 Å². The third-order valence-electron chi connectivity index (χ3n) is 4.13. The van der Waals surface area contributed by atoms with E-state index in [1.54, 1.807) is 29.2 Å². The SMILES string of the molecule is O=C(NCC(=O)N1CCN(c2cc[nH+]cc2)CC1)c1ccccc1. The Labute approximate surface area is 141 Å². The number of H-pyrrole nitrogens is 1. The maximum absolute atomic E-state index is 12.3. The molecule has 0 aliphatic carbocycles. The van der Waals surface area contributed by atoms with Crippen LogP contribution >= 0.6 is 0 Å². The molecule has 2 heterocycles. The van der Waals surface area contributed by atoms with Crippen molar-refractivity contribution in [2.24, 2.45) is 0 Å². The number of carbonyl (C=O) groups excluding carboxylic acids is 2. The zero-order valence-corrected chi connectivity index (χ0v) is 13.4. The van der Waals surface area contributed by atoms with Crippen LogP contribution in [-0.4, -0.2) is 49.4 Å². The fraction of sp³-hybridized carbons (Fsp3) is 0.278. The Kier molecular flexibility index (Phi) is 5.05. The lowest BCUT2D eigenvalue weighted by Gasteiger charge is -2.35. The molecule has 1 aliphatic rings. The van der Waals surface area contributed by atoms with Crippen LogP contribution in [0.25, 0.3) is 0 Å². The second-order valence-corrected chi connectivity index (χ2v) is 5.67. The molecule has 1 fully saturated rings. The van der Waals surface area contributed by atoms with Gasteiger partial charge in [0.15, 0.2) is 12.4 Å². The summed E-state index contributed by atoms with van der Waals surface area (Å²) in [6.07, 6.45) is 3.79. The van der Waals surface area contributed by atoms with E-state index in [9.17, 15) is 9.59 Å². The van der Waals surface area contributed by atoms with Crippen molar-refractivity contribution < 1.29 is 14.6 Å². The van der Waals surface area contributed by atoms with Crippen molar-refractivity contribution in [2.75, 3.05) is 37.6 Å².